The SMILES string of the molecule is Cc1nn(C(C)C)c(CC(=O)c2ccccc2)c1[N+](=O)[O-]. The van der Waals surface area contributed by atoms with Crippen molar-refractivity contribution in [2.24, 2.45) is 0 Å². The Bertz CT molecular complexity index is 675. The normalized spacial score (nSPS) is 10.9. The summed E-state index contributed by atoms with van der Waals surface area (Å²) in [4.78, 5) is 23.1. The maximum absolute atomic E-state index is 12.3. The third-order valence-corrected chi connectivity index (χ3v) is 3.25. The molecule has 0 amide bonds. The first-order chi connectivity index (χ1) is 9.91. The number of aromatic nitrogens is 2. The van der Waals surface area contributed by atoms with Crippen LogP contribution in [0.1, 0.15) is 41.6 Å². The summed E-state index contributed by atoms with van der Waals surface area (Å²) < 4.78 is 1.56. The van der Waals surface area contributed by atoms with Crippen molar-refractivity contribution in [1.82, 2.24) is 9.78 Å². The van der Waals surface area contributed by atoms with E-state index in [9.17, 15) is 14.9 Å². The average molecular weight is 287 g/mol. The van der Waals surface area contributed by atoms with E-state index in [2.05, 4.69) is 5.10 Å². The van der Waals surface area contributed by atoms with Crippen LogP contribution >= 0.6 is 0 Å². The molecule has 2 rings (SSSR count). The van der Waals surface area contributed by atoms with Crippen molar-refractivity contribution in [3.05, 3.63) is 57.4 Å². The van der Waals surface area contributed by atoms with E-state index in [1.165, 1.54) is 0 Å². The zero-order chi connectivity index (χ0) is 15.6. The van der Waals surface area contributed by atoms with Gasteiger partial charge in [0.25, 0.3) is 0 Å². The number of rotatable bonds is 5. The molecule has 0 unspecified atom stereocenters. The molecule has 0 radical (unpaired) electrons. The van der Waals surface area contributed by atoms with E-state index in [1.807, 2.05) is 19.9 Å². The first-order valence-corrected chi connectivity index (χ1v) is 6.72. The summed E-state index contributed by atoms with van der Waals surface area (Å²) in [5.74, 6) is -0.152. The van der Waals surface area contributed by atoms with Crippen molar-refractivity contribution in [1.29, 1.82) is 0 Å². The van der Waals surface area contributed by atoms with Crippen molar-refractivity contribution < 1.29 is 9.72 Å². The fraction of sp³-hybridized carbons (Fsp3) is 0.333. The molecule has 0 aliphatic carbocycles. The van der Waals surface area contributed by atoms with E-state index in [0.29, 0.717) is 17.0 Å². The van der Waals surface area contributed by atoms with Crippen LogP contribution in [0.15, 0.2) is 30.3 Å². The summed E-state index contributed by atoms with van der Waals surface area (Å²) in [7, 11) is 0. The van der Waals surface area contributed by atoms with E-state index in [0.717, 1.165) is 0 Å². The summed E-state index contributed by atoms with van der Waals surface area (Å²) in [6, 6.07) is 8.73. The highest BCUT2D eigenvalue weighted by atomic mass is 16.6. The van der Waals surface area contributed by atoms with Crippen molar-refractivity contribution >= 4 is 11.5 Å². The number of benzene rings is 1. The van der Waals surface area contributed by atoms with Gasteiger partial charge < -0.3 is 0 Å². The van der Waals surface area contributed by atoms with E-state index in [1.54, 1.807) is 35.9 Å². The molecule has 0 bridgehead atoms. The molecular weight excluding hydrogens is 270 g/mol. The van der Waals surface area contributed by atoms with Crippen LogP contribution in [0.4, 0.5) is 5.69 Å². The molecule has 6 nitrogen and oxygen atoms in total. The zero-order valence-electron chi connectivity index (χ0n) is 12.2. The van der Waals surface area contributed by atoms with Gasteiger partial charge in [-0.25, -0.2) is 0 Å². The van der Waals surface area contributed by atoms with Gasteiger partial charge in [-0.15, -0.1) is 0 Å². The number of nitro groups is 1. The minimum Gasteiger partial charge on any atom is -0.294 e. The van der Waals surface area contributed by atoms with Crippen LogP contribution in [0, 0.1) is 17.0 Å². The topological polar surface area (TPSA) is 78.0 Å². The van der Waals surface area contributed by atoms with Crippen molar-refractivity contribution in [2.75, 3.05) is 0 Å². The largest absolute Gasteiger partial charge is 0.313 e. The van der Waals surface area contributed by atoms with Gasteiger partial charge in [0.2, 0.25) is 0 Å². The van der Waals surface area contributed by atoms with E-state index < -0.39 is 4.92 Å². The lowest BCUT2D eigenvalue weighted by molar-refractivity contribution is -0.386. The van der Waals surface area contributed by atoms with Crippen LogP contribution < -0.4 is 0 Å². The van der Waals surface area contributed by atoms with Gasteiger partial charge in [-0.2, -0.15) is 5.10 Å². The van der Waals surface area contributed by atoms with Crippen LogP contribution in [0.2, 0.25) is 0 Å². The summed E-state index contributed by atoms with van der Waals surface area (Å²) in [5, 5.41) is 15.4. The van der Waals surface area contributed by atoms with Gasteiger partial charge in [0.1, 0.15) is 11.4 Å². The fourth-order valence-corrected chi connectivity index (χ4v) is 2.29. The number of Topliss-reactive ketones (excluding diaryl/α,β-unsaturated/α-hetero) is 1. The highest BCUT2D eigenvalue weighted by molar-refractivity contribution is 5.97. The molecule has 2 aromatic rings. The quantitative estimate of drug-likeness (QED) is 0.481. The molecule has 0 fully saturated rings. The second-order valence-electron chi connectivity index (χ2n) is 5.14. The third kappa shape index (κ3) is 2.99. The monoisotopic (exact) mass is 287 g/mol. The Labute approximate surface area is 122 Å². The van der Waals surface area contributed by atoms with Gasteiger partial charge in [0, 0.05) is 11.6 Å². The van der Waals surface area contributed by atoms with Crippen LogP contribution in [0.3, 0.4) is 0 Å². The number of hydrogen-bond donors (Lipinski definition) is 0. The zero-order valence-corrected chi connectivity index (χ0v) is 12.2. The molecule has 1 aromatic heterocycles. The Morgan fingerprint density at radius 3 is 2.48 bits per heavy atom. The molecule has 1 aromatic carbocycles. The van der Waals surface area contributed by atoms with Crippen molar-refractivity contribution in [3.63, 3.8) is 0 Å². The molecule has 0 atom stereocenters. The predicted molar refractivity (Wildman–Crippen MR) is 78.5 cm³/mol. The number of carbonyl (C=O) groups is 1. The van der Waals surface area contributed by atoms with Crippen molar-refractivity contribution in [3.8, 4) is 0 Å². The number of ketones is 1. The number of aryl methyl sites for hydroxylation is 1. The Balaban J connectivity index is 2.43. The summed E-state index contributed by atoms with van der Waals surface area (Å²) >= 11 is 0. The highest BCUT2D eigenvalue weighted by Gasteiger charge is 2.28. The minimum absolute atomic E-state index is 0.0284. The molecule has 0 saturated heterocycles. The number of nitrogens with zero attached hydrogens (tertiary/aromatic N) is 3. The molecule has 0 saturated carbocycles. The van der Waals surface area contributed by atoms with E-state index in [4.69, 9.17) is 0 Å². The Morgan fingerprint density at radius 2 is 1.95 bits per heavy atom. The highest BCUT2D eigenvalue weighted by Crippen LogP contribution is 2.26. The smallest absolute Gasteiger partial charge is 0.294 e. The van der Waals surface area contributed by atoms with Gasteiger partial charge in [-0.1, -0.05) is 30.3 Å². The van der Waals surface area contributed by atoms with Gasteiger partial charge in [0.15, 0.2) is 5.78 Å². The van der Waals surface area contributed by atoms with Gasteiger partial charge in [-0.3, -0.25) is 19.6 Å². The van der Waals surface area contributed by atoms with Crippen molar-refractivity contribution in [2.45, 2.75) is 33.2 Å². The molecule has 110 valence electrons. The first kappa shape index (κ1) is 14.9. The number of carbonyl (C=O) groups excluding carboxylic acids is 1. The van der Waals surface area contributed by atoms with Crippen LogP contribution in [0.5, 0.6) is 0 Å². The molecule has 0 aliphatic rings. The Hall–Kier alpha value is -2.50. The summed E-state index contributed by atoms with van der Waals surface area (Å²) in [6.07, 6.45) is -0.0284. The average Bonchev–Trinajstić information content (AvgIpc) is 2.76. The molecule has 0 N–H and O–H groups in total. The maximum Gasteiger partial charge on any atom is 0.313 e. The number of hydrogen-bond acceptors (Lipinski definition) is 4. The Morgan fingerprint density at radius 1 is 1.33 bits per heavy atom. The van der Waals surface area contributed by atoms with E-state index >= 15 is 0 Å². The van der Waals surface area contributed by atoms with Crippen LogP contribution in [-0.4, -0.2) is 20.5 Å². The van der Waals surface area contributed by atoms with E-state index in [-0.39, 0.29) is 23.9 Å². The molecular formula is C15H17N3O3. The lowest BCUT2D eigenvalue weighted by Crippen LogP contribution is -2.13. The summed E-state index contributed by atoms with van der Waals surface area (Å²) in [5.41, 5.74) is 1.18. The maximum atomic E-state index is 12.3. The second kappa shape index (κ2) is 5.87. The molecule has 1 heterocycles. The fourth-order valence-electron chi connectivity index (χ4n) is 2.29. The standard InChI is InChI=1S/C15H17N3O3/c1-10(2)17-13(15(18(20)21)11(3)16-17)9-14(19)12-7-5-4-6-8-12/h4-8,10H,9H2,1-3H3. The molecule has 0 spiro atoms. The van der Waals surface area contributed by atoms with Gasteiger partial charge >= 0.3 is 5.69 Å². The second-order valence-corrected chi connectivity index (χ2v) is 5.14. The summed E-state index contributed by atoms with van der Waals surface area (Å²) in [6.45, 7) is 5.35. The lowest BCUT2D eigenvalue weighted by Gasteiger charge is -2.09. The predicted octanol–water partition coefficient (Wildman–Crippen LogP) is 3.11. The molecule has 21 heavy (non-hydrogen) atoms. The van der Waals surface area contributed by atoms with Crippen LogP contribution in [-0.2, 0) is 6.42 Å². The van der Waals surface area contributed by atoms with Crippen LogP contribution in [0.25, 0.3) is 0 Å². The first-order valence-electron chi connectivity index (χ1n) is 6.72. The molecule has 6 heteroatoms. The molecule has 0 aliphatic heterocycles. The minimum atomic E-state index is -0.463. The third-order valence-electron chi connectivity index (χ3n) is 3.25. The van der Waals surface area contributed by atoms with Gasteiger partial charge in [0.05, 0.1) is 11.3 Å². The van der Waals surface area contributed by atoms with Gasteiger partial charge in [-0.05, 0) is 20.8 Å². The Kier molecular flexibility index (Phi) is 4.16. The lowest BCUT2D eigenvalue weighted by atomic mass is 10.1.